The SMILES string of the molecule is O=C(CCCO[N+](=O)[O-])N1CCN=C1Nc1c(Cl)cccc1Cl. The molecule has 1 aromatic carbocycles. The minimum Gasteiger partial charge on any atom is -0.323 e. The number of guanidine groups is 1. The molecule has 0 aromatic heterocycles. The number of anilines is 1. The maximum absolute atomic E-state index is 12.2. The predicted octanol–water partition coefficient (Wildman–Crippen LogP) is 2.59. The molecule has 10 heteroatoms. The molecule has 8 nitrogen and oxygen atoms in total. The van der Waals surface area contributed by atoms with Crippen LogP contribution in [0.25, 0.3) is 0 Å². The highest BCUT2D eigenvalue weighted by molar-refractivity contribution is 6.39. The van der Waals surface area contributed by atoms with Gasteiger partial charge in [-0.25, -0.2) is 0 Å². The van der Waals surface area contributed by atoms with E-state index in [0.717, 1.165) is 0 Å². The Hall–Kier alpha value is -2.06. The zero-order valence-corrected chi connectivity index (χ0v) is 13.5. The lowest BCUT2D eigenvalue weighted by Crippen LogP contribution is -2.38. The molecule has 0 saturated heterocycles. The molecule has 0 fully saturated rings. The summed E-state index contributed by atoms with van der Waals surface area (Å²) >= 11 is 12.2. The van der Waals surface area contributed by atoms with Crippen LogP contribution in [0.2, 0.25) is 10.0 Å². The molecule has 1 aliphatic rings. The quantitative estimate of drug-likeness (QED) is 0.477. The summed E-state index contributed by atoms with van der Waals surface area (Å²) < 4.78 is 0. The summed E-state index contributed by atoms with van der Waals surface area (Å²) in [4.78, 5) is 32.1. The highest BCUT2D eigenvalue weighted by atomic mass is 35.5. The van der Waals surface area contributed by atoms with Crippen molar-refractivity contribution in [3.8, 4) is 0 Å². The first kappa shape index (κ1) is 17.3. The second-order valence-electron chi connectivity index (χ2n) is 4.63. The van der Waals surface area contributed by atoms with Crippen LogP contribution in [0.15, 0.2) is 23.2 Å². The third kappa shape index (κ3) is 4.70. The number of carbonyl (C=O) groups is 1. The number of para-hydroxylation sites is 1. The van der Waals surface area contributed by atoms with Gasteiger partial charge in [-0.05, 0) is 18.6 Å². The predicted molar refractivity (Wildman–Crippen MR) is 86.3 cm³/mol. The van der Waals surface area contributed by atoms with E-state index in [4.69, 9.17) is 23.2 Å². The topological polar surface area (TPSA) is 97.1 Å². The Morgan fingerprint density at radius 1 is 1.43 bits per heavy atom. The average Bonchev–Trinajstić information content (AvgIpc) is 2.95. The van der Waals surface area contributed by atoms with Crippen LogP contribution < -0.4 is 5.32 Å². The molecule has 0 aliphatic carbocycles. The first-order valence-electron chi connectivity index (χ1n) is 6.82. The molecular weight excluding hydrogens is 347 g/mol. The van der Waals surface area contributed by atoms with E-state index in [0.29, 0.717) is 34.8 Å². The smallest absolute Gasteiger partial charge is 0.294 e. The van der Waals surface area contributed by atoms with E-state index in [2.05, 4.69) is 15.1 Å². The molecule has 23 heavy (non-hydrogen) atoms. The van der Waals surface area contributed by atoms with Gasteiger partial charge in [0.25, 0.3) is 5.09 Å². The van der Waals surface area contributed by atoms with Crippen LogP contribution in [0, 0.1) is 10.1 Å². The number of nitrogens with one attached hydrogen (secondary N) is 1. The van der Waals surface area contributed by atoms with Crippen molar-refractivity contribution >= 4 is 40.8 Å². The Bertz CT molecular complexity index is 618. The average molecular weight is 361 g/mol. The van der Waals surface area contributed by atoms with Crippen molar-refractivity contribution in [3.05, 3.63) is 38.4 Å². The van der Waals surface area contributed by atoms with Crippen LogP contribution in [0.4, 0.5) is 5.69 Å². The number of amides is 1. The van der Waals surface area contributed by atoms with Crippen LogP contribution >= 0.6 is 23.2 Å². The number of aliphatic imine (C=N–C) groups is 1. The van der Waals surface area contributed by atoms with Gasteiger partial charge in [-0.1, -0.05) is 29.3 Å². The van der Waals surface area contributed by atoms with Crippen LogP contribution in [-0.2, 0) is 9.63 Å². The van der Waals surface area contributed by atoms with E-state index in [-0.39, 0.29) is 25.4 Å². The van der Waals surface area contributed by atoms with Crippen molar-refractivity contribution in [3.63, 3.8) is 0 Å². The lowest BCUT2D eigenvalue weighted by molar-refractivity contribution is -0.757. The second kappa shape index (κ2) is 7.98. The van der Waals surface area contributed by atoms with Gasteiger partial charge in [-0.3, -0.25) is 14.7 Å². The van der Waals surface area contributed by atoms with E-state index in [9.17, 15) is 14.9 Å². The van der Waals surface area contributed by atoms with E-state index < -0.39 is 5.09 Å². The highest BCUT2D eigenvalue weighted by Gasteiger charge is 2.24. The Labute approximate surface area is 142 Å². The third-order valence-corrected chi connectivity index (χ3v) is 3.70. The van der Waals surface area contributed by atoms with Crippen LogP contribution in [-0.4, -0.2) is 41.5 Å². The molecule has 1 N–H and O–H groups in total. The molecule has 0 bridgehead atoms. The standard InChI is InChI=1S/C13H14Cl2N4O4/c14-9-3-1-4-10(15)12(9)17-13-16-6-7-18(13)11(20)5-2-8-23-19(21)22/h1,3-4H,2,5-8H2,(H,16,17). The van der Waals surface area contributed by atoms with Crippen molar-refractivity contribution in [2.45, 2.75) is 12.8 Å². The van der Waals surface area contributed by atoms with Crippen molar-refractivity contribution < 1.29 is 14.7 Å². The normalized spacial score (nSPS) is 13.7. The lowest BCUT2D eigenvalue weighted by atomic mass is 10.3. The van der Waals surface area contributed by atoms with Crippen molar-refractivity contribution in [2.24, 2.45) is 4.99 Å². The second-order valence-corrected chi connectivity index (χ2v) is 5.45. The van der Waals surface area contributed by atoms with Gasteiger partial charge in [0.1, 0.15) is 0 Å². The number of nitrogens with zero attached hydrogens (tertiary/aromatic N) is 3. The van der Waals surface area contributed by atoms with Crippen LogP contribution in [0.3, 0.4) is 0 Å². The first-order chi connectivity index (χ1) is 11.0. The Morgan fingerprint density at radius 2 is 2.13 bits per heavy atom. The maximum atomic E-state index is 12.2. The molecule has 0 atom stereocenters. The van der Waals surface area contributed by atoms with Gasteiger partial charge in [0.2, 0.25) is 11.9 Å². The summed E-state index contributed by atoms with van der Waals surface area (Å²) in [5.41, 5.74) is 0.478. The Morgan fingerprint density at radius 3 is 2.78 bits per heavy atom. The minimum absolute atomic E-state index is 0.116. The fourth-order valence-electron chi connectivity index (χ4n) is 2.02. The van der Waals surface area contributed by atoms with E-state index in [1.807, 2.05) is 0 Å². The number of halogens is 2. The lowest BCUT2D eigenvalue weighted by Gasteiger charge is -2.20. The van der Waals surface area contributed by atoms with Crippen LogP contribution in [0.5, 0.6) is 0 Å². The molecule has 1 aromatic rings. The molecule has 1 amide bonds. The summed E-state index contributed by atoms with van der Waals surface area (Å²) in [5, 5.41) is 13.0. The van der Waals surface area contributed by atoms with Crippen molar-refractivity contribution in [1.82, 2.24) is 4.90 Å². The number of hydrogen-bond donors (Lipinski definition) is 1. The van der Waals surface area contributed by atoms with Gasteiger partial charge in [-0.2, -0.15) is 0 Å². The molecule has 1 heterocycles. The van der Waals surface area contributed by atoms with Gasteiger partial charge < -0.3 is 10.2 Å². The summed E-state index contributed by atoms with van der Waals surface area (Å²) in [5.74, 6) is 0.157. The summed E-state index contributed by atoms with van der Waals surface area (Å²) in [6.07, 6.45) is 0.362. The summed E-state index contributed by atoms with van der Waals surface area (Å²) in [6.45, 7) is 0.768. The third-order valence-electron chi connectivity index (χ3n) is 3.07. The van der Waals surface area contributed by atoms with Gasteiger partial charge >= 0.3 is 0 Å². The van der Waals surface area contributed by atoms with Crippen molar-refractivity contribution in [2.75, 3.05) is 25.0 Å². The molecular formula is C13H14Cl2N4O4. The number of rotatable bonds is 6. The summed E-state index contributed by atoms with van der Waals surface area (Å²) in [6, 6.07) is 5.06. The highest BCUT2D eigenvalue weighted by Crippen LogP contribution is 2.30. The largest absolute Gasteiger partial charge is 0.323 e. The molecule has 0 unspecified atom stereocenters. The fraction of sp³-hybridized carbons (Fsp3) is 0.385. The fourth-order valence-corrected chi connectivity index (χ4v) is 2.52. The van der Waals surface area contributed by atoms with E-state index in [1.54, 1.807) is 18.2 Å². The van der Waals surface area contributed by atoms with Gasteiger partial charge in [0, 0.05) is 13.0 Å². The number of benzene rings is 1. The van der Waals surface area contributed by atoms with Gasteiger partial charge in [0.05, 0.1) is 28.9 Å². The molecule has 0 radical (unpaired) electrons. The maximum Gasteiger partial charge on any atom is 0.294 e. The first-order valence-corrected chi connectivity index (χ1v) is 7.58. The van der Waals surface area contributed by atoms with E-state index in [1.165, 1.54) is 4.90 Å². The molecule has 1 aliphatic heterocycles. The molecule has 124 valence electrons. The summed E-state index contributed by atoms with van der Waals surface area (Å²) in [7, 11) is 0. The Balaban J connectivity index is 1.95. The minimum atomic E-state index is -0.881. The monoisotopic (exact) mass is 360 g/mol. The van der Waals surface area contributed by atoms with Gasteiger partial charge in [-0.15, -0.1) is 10.1 Å². The molecule has 2 rings (SSSR count). The zero-order valence-electron chi connectivity index (χ0n) is 12.0. The van der Waals surface area contributed by atoms with Gasteiger partial charge in [0.15, 0.2) is 0 Å². The number of hydrogen-bond acceptors (Lipinski definition) is 6. The zero-order chi connectivity index (χ0) is 16.8. The molecule has 0 spiro atoms. The van der Waals surface area contributed by atoms with E-state index >= 15 is 0 Å². The number of carbonyl (C=O) groups excluding carboxylic acids is 1. The van der Waals surface area contributed by atoms with Crippen molar-refractivity contribution in [1.29, 1.82) is 0 Å². The Kier molecular flexibility index (Phi) is 6.00. The van der Waals surface area contributed by atoms with Crippen LogP contribution in [0.1, 0.15) is 12.8 Å². The molecule has 0 saturated carbocycles.